The maximum atomic E-state index is 4.71. The zero-order valence-corrected chi connectivity index (χ0v) is 18.2. The molecule has 0 unspecified atom stereocenters. The molecule has 0 aliphatic rings. The molecule has 3 nitrogen and oxygen atoms in total. The molecule has 5 aromatic rings. The summed E-state index contributed by atoms with van der Waals surface area (Å²) in [6.07, 6.45) is 0. The van der Waals surface area contributed by atoms with Crippen molar-refractivity contribution in [1.29, 1.82) is 0 Å². The lowest BCUT2D eigenvalue weighted by molar-refractivity contribution is 0.936. The summed E-state index contributed by atoms with van der Waals surface area (Å²) in [5.41, 5.74) is 3.21. The standard InChI is InChI=1S/C23H17N3S3/c1-15-22(29-23(24-15)20-10-5-13-27-20)19-11-12-21(26-25-19)28-14-17-8-4-7-16-6-2-3-9-18(16)17/h2-13H,14H2,1H3. The summed E-state index contributed by atoms with van der Waals surface area (Å²) < 4.78 is 0. The van der Waals surface area contributed by atoms with E-state index in [1.165, 1.54) is 21.2 Å². The molecule has 0 bridgehead atoms. The fourth-order valence-corrected chi connectivity index (χ4v) is 5.87. The number of thioether (sulfide) groups is 1. The smallest absolute Gasteiger partial charge is 0.134 e. The maximum absolute atomic E-state index is 4.71. The van der Waals surface area contributed by atoms with Gasteiger partial charge in [-0.25, -0.2) is 4.98 Å². The van der Waals surface area contributed by atoms with E-state index in [0.29, 0.717) is 0 Å². The summed E-state index contributed by atoms with van der Waals surface area (Å²) in [6, 6.07) is 23.2. The molecular formula is C23H17N3S3. The lowest BCUT2D eigenvalue weighted by atomic mass is 10.1. The summed E-state index contributed by atoms with van der Waals surface area (Å²) in [4.78, 5) is 7.00. The van der Waals surface area contributed by atoms with Crippen LogP contribution in [-0.2, 0) is 5.75 Å². The molecule has 3 aromatic heterocycles. The summed E-state index contributed by atoms with van der Waals surface area (Å²) in [5, 5.41) is 15.6. The minimum absolute atomic E-state index is 0.873. The number of thiazole rings is 1. The zero-order valence-electron chi connectivity index (χ0n) is 15.7. The van der Waals surface area contributed by atoms with Gasteiger partial charge in [-0.05, 0) is 46.8 Å². The highest BCUT2D eigenvalue weighted by Gasteiger charge is 2.13. The summed E-state index contributed by atoms with van der Waals surface area (Å²) in [6.45, 7) is 2.04. The van der Waals surface area contributed by atoms with Crippen molar-refractivity contribution in [3.05, 3.63) is 83.4 Å². The van der Waals surface area contributed by atoms with Gasteiger partial charge >= 0.3 is 0 Å². The Balaban J connectivity index is 1.34. The van der Waals surface area contributed by atoms with Gasteiger partial charge in [0.1, 0.15) is 15.7 Å². The fourth-order valence-electron chi connectivity index (χ4n) is 3.23. The van der Waals surface area contributed by atoms with Gasteiger partial charge < -0.3 is 0 Å². The van der Waals surface area contributed by atoms with E-state index in [2.05, 4.69) is 82.3 Å². The van der Waals surface area contributed by atoms with E-state index >= 15 is 0 Å². The van der Waals surface area contributed by atoms with Gasteiger partial charge in [-0.15, -0.1) is 32.9 Å². The van der Waals surface area contributed by atoms with Crippen molar-refractivity contribution in [1.82, 2.24) is 15.2 Å². The van der Waals surface area contributed by atoms with Crippen molar-refractivity contribution in [3.63, 3.8) is 0 Å². The predicted octanol–water partition coefficient (Wildman–Crippen LogP) is 7.08. The Kier molecular flexibility index (Phi) is 5.14. The Hall–Kier alpha value is -2.54. The summed E-state index contributed by atoms with van der Waals surface area (Å²) in [5.74, 6) is 0.873. The van der Waals surface area contributed by atoms with Crippen molar-refractivity contribution in [3.8, 4) is 20.5 Å². The number of nitrogens with zero attached hydrogens (tertiary/aromatic N) is 3. The molecule has 0 amide bonds. The van der Waals surface area contributed by atoms with Gasteiger partial charge in [-0.2, -0.15) is 0 Å². The first-order chi connectivity index (χ1) is 14.3. The molecule has 0 saturated heterocycles. The Morgan fingerprint density at radius 2 is 1.79 bits per heavy atom. The van der Waals surface area contributed by atoms with Crippen LogP contribution in [0.1, 0.15) is 11.3 Å². The highest BCUT2D eigenvalue weighted by molar-refractivity contribution is 7.98. The zero-order chi connectivity index (χ0) is 19.6. The number of aromatic nitrogens is 3. The van der Waals surface area contributed by atoms with E-state index in [0.717, 1.165) is 32.1 Å². The molecule has 0 N–H and O–H groups in total. The van der Waals surface area contributed by atoms with E-state index in [1.54, 1.807) is 34.4 Å². The van der Waals surface area contributed by atoms with Gasteiger partial charge in [0.25, 0.3) is 0 Å². The average Bonchev–Trinajstić information content (AvgIpc) is 3.42. The van der Waals surface area contributed by atoms with Crippen LogP contribution in [0.2, 0.25) is 0 Å². The van der Waals surface area contributed by atoms with E-state index in [-0.39, 0.29) is 0 Å². The van der Waals surface area contributed by atoms with Crippen LogP contribution in [0.5, 0.6) is 0 Å². The number of fused-ring (bicyclic) bond motifs is 1. The predicted molar refractivity (Wildman–Crippen MR) is 125 cm³/mol. The minimum atomic E-state index is 0.873. The van der Waals surface area contributed by atoms with Gasteiger partial charge in [0.05, 0.1) is 15.4 Å². The van der Waals surface area contributed by atoms with E-state index in [9.17, 15) is 0 Å². The Morgan fingerprint density at radius 1 is 0.897 bits per heavy atom. The van der Waals surface area contributed by atoms with Crippen LogP contribution in [0.15, 0.2) is 77.1 Å². The molecule has 0 spiro atoms. The number of thiophene rings is 1. The number of rotatable bonds is 5. The second-order valence-corrected chi connectivity index (χ2v) is 9.54. The topological polar surface area (TPSA) is 38.7 Å². The summed E-state index contributed by atoms with van der Waals surface area (Å²) in [7, 11) is 0. The molecule has 142 valence electrons. The number of aryl methyl sites for hydroxylation is 1. The second-order valence-electron chi connectivity index (χ2n) is 6.59. The van der Waals surface area contributed by atoms with Crippen LogP contribution in [0.25, 0.3) is 31.2 Å². The maximum Gasteiger partial charge on any atom is 0.134 e. The molecule has 2 aromatic carbocycles. The third kappa shape index (κ3) is 3.83. The van der Waals surface area contributed by atoms with Crippen molar-refractivity contribution < 1.29 is 0 Å². The molecule has 0 fully saturated rings. The molecular weight excluding hydrogens is 414 g/mol. The first kappa shape index (κ1) is 18.5. The van der Waals surface area contributed by atoms with Gasteiger partial charge in [0, 0.05) is 5.75 Å². The molecule has 29 heavy (non-hydrogen) atoms. The number of hydrogen-bond donors (Lipinski definition) is 0. The highest BCUT2D eigenvalue weighted by Crippen LogP contribution is 2.36. The third-order valence-electron chi connectivity index (χ3n) is 4.66. The normalized spacial score (nSPS) is 11.2. The van der Waals surface area contributed by atoms with Crippen molar-refractivity contribution in [2.75, 3.05) is 0 Å². The Morgan fingerprint density at radius 3 is 2.62 bits per heavy atom. The molecule has 0 aliphatic heterocycles. The van der Waals surface area contributed by atoms with Crippen molar-refractivity contribution in [2.45, 2.75) is 17.7 Å². The van der Waals surface area contributed by atoms with Gasteiger partial charge in [-0.3, -0.25) is 0 Å². The van der Waals surface area contributed by atoms with E-state index in [1.807, 2.05) is 6.92 Å². The van der Waals surface area contributed by atoms with Crippen LogP contribution in [0.3, 0.4) is 0 Å². The van der Waals surface area contributed by atoms with Crippen molar-refractivity contribution in [2.24, 2.45) is 0 Å². The highest BCUT2D eigenvalue weighted by atomic mass is 32.2. The number of benzene rings is 2. The van der Waals surface area contributed by atoms with Crippen LogP contribution < -0.4 is 0 Å². The quantitative estimate of drug-likeness (QED) is 0.279. The minimum Gasteiger partial charge on any atom is -0.240 e. The Bertz CT molecular complexity index is 1250. The third-order valence-corrected chi connectivity index (χ3v) is 7.84. The van der Waals surface area contributed by atoms with Gasteiger partial charge in [0.2, 0.25) is 0 Å². The fraction of sp³-hybridized carbons (Fsp3) is 0.0870. The second kappa shape index (κ2) is 8.06. The largest absolute Gasteiger partial charge is 0.240 e. The number of hydrogen-bond acceptors (Lipinski definition) is 6. The van der Waals surface area contributed by atoms with E-state index < -0.39 is 0 Å². The molecule has 0 radical (unpaired) electrons. The lowest BCUT2D eigenvalue weighted by Gasteiger charge is -2.06. The first-order valence-electron chi connectivity index (χ1n) is 9.23. The lowest BCUT2D eigenvalue weighted by Crippen LogP contribution is -1.90. The Labute approximate surface area is 181 Å². The SMILES string of the molecule is Cc1nc(-c2cccs2)sc1-c1ccc(SCc2cccc3ccccc23)nn1. The molecule has 0 aliphatic carbocycles. The first-order valence-corrected chi connectivity index (χ1v) is 11.9. The summed E-state index contributed by atoms with van der Waals surface area (Å²) >= 11 is 5.10. The van der Waals surface area contributed by atoms with Gasteiger partial charge in [0.15, 0.2) is 0 Å². The van der Waals surface area contributed by atoms with Crippen LogP contribution in [-0.4, -0.2) is 15.2 Å². The molecule has 5 rings (SSSR count). The van der Waals surface area contributed by atoms with Crippen molar-refractivity contribution >= 4 is 45.2 Å². The van der Waals surface area contributed by atoms with Crippen LogP contribution in [0.4, 0.5) is 0 Å². The van der Waals surface area contributed by atoms with E-state index in [4.69, 9.17) is 4.98 Å². The molecule has 6 heteroatoms. The van der Waals surface area contributed by atoms with Crippen LogP contribution >= 0.6 is 34.4 Å². The molecule has 3 heterocycles. The van der Waals surface area contributed by atoms with Gasteiger partial charge in [-0.1, -0.05) is 60.3 Å². The molecule has 0 saturated carbocycles. The molecule has 0 atom stereocenters. The average molecular weight is 432 g/mol. The monoisotopic (exact) mass is 431 g/mol. The van der Waals surface area contributed by atoms with Crippen LogP contribution in [0, 0.1) is 6.92 Å².